The maximum atomic E-state index is 11.2. The number of esters is 1. The van der Waals surface area contributed by atoms with Crippen molar-refractivity contribution in [2.75, 3.05) is 20.3 Å². The van der Waals surface area contributed by atoms with E-state index in [0.29, 0.717) is 6.61 Å². The van der Waals surface area contributed by atoms with Gasteiger partial charge in [0.05, 0.1) is 19.8 Å². The number of ether oxygens (including phenoxy) is 2. The molecular weight excluding hydrogens is 206 g/mol. The maximum absolute atomic E-state index is 11.2. The van der Waals surface area contributed by atoms with Gasteiger partial charge in [-0.2, -0.15) is 0 Å². The highest BCUT2D eigenvalue weighted by molar-refractivity contribution is 5.85. The number of nitrogens with one attached hydrogen (secondary N) is 1. The number of halogens is 1. The van der Waals surface area contributed by atoms with Crippen LogP contribution in [0.1, 0.15) is 6.42 Å². The second kappa shape index (κ2) is 6.81. The number of hydrogen-bond donors (Lipinski definition) is 1. The first-order valence-electron chi connectivity index (χ1n) is 4.33. The van der Waals surface area contributed by atoms with Crippen LogP contribution < -0.4 is 5.32 Å². The number of carbonyl (C=O) groups is 1. The van der Waals surface area contributed by atoms with Crippen molar-refractivity contribution in [2.24, 2.45) is 0 Å². The van der Waals surface area contributed by atoms with Gasteiger partial charge in [0.15, 0.2) is 0 Å². The van der Waals surface area contributed by atoms with E-state index < -0.39 is 0 Å². The molecule has 82 valence electrons. The summed E-state index contributed by atoms with van der Waals surface area (Å²) in [6.07, 6.45) is 2.44. The molecule has 0 saturated carbocycles. The van der Waals surface area contributed by atoms with E-state index in [1.54, 1.807) is 6.08 Å². The fourth-order valence-corrected chi connectivity index (χ4v) is 1.41. The second-order valence-electron chi connectivity index (χ2n) is 2.90. The molecule has 2 atom stereocenters. The molecule has 0 bridgehead atoms. The molecule has 0 aromatic rings. The Morgan fingerprint density at radius 2 is 2.43 bits per heavy atom. The lowest BCUT2D eigenvalue weighted by atomic mass is 10.2. The van der Waals surface area contributed by atoms with Crippen molar-refractivity contribution in [2.45, 2.75) is 18.6 Å². The molecule has 0 radical (unpaired) electrons. The summed E-state index contributed by atoms with van der Waals surface area (Å²) in [5.74, 6) is -0.258. The van der Waals surface area contributed by atoms with E-state index in [4.69, 9.17) is 4.74 Å². The van der Waals surface area contributed by atoms with Crippen LogP contribution in [0.15, 0.2) is 12.7 Å². The molecule has 1 aliphatic heterocycles. The standard InChI is InChI=1S/C9H15NO3.ClH/c1-3-6-13-7-4-5-10-8(7)9(11)12-2;/h3,7-8,10H,1,4-6H2,2H3;1H. The van der Waals surface area contributed by atoms with Gasteiger partial charge in [-0.25, -0.2) is 0 Å². The molecule has 0 aliphatic carbocycles. The minimum atomic E-state index is -0.315. The third-order valence-corrected chi connectivity index (χ3v) is 2.05. The number of carbonyl (C=O) groups excluding carboxylic acids is 1. The molecule has 1 rings (SSSR count). The summed E-state index contributed by atoms with van der Waals surface area (Å²) >= 11 is 0. The highest BCUT2D eigenvalue weighted by atomic mass is 35.5. The Labute approximate surface area is 90.1 Å². The fourth-order valence-electron chi connectivity index (χ4n) is 1.41. The summed E-state index contributed by atoms with van der Waals surface area (Å²) in [7, 11) is 1.38. The molecule has 1 N–H and O–H groups in total. The Bertz CT molecular complexity index is 198. The zero-order valence-electron chi connectivity index (χ0n) is 8.19. The molecule has 14 heavy (non-hydrogen) atoms. The van der Waals surface area contributed by atoms with Crippen molar-refractivity contribution in [3.05, 3.63) is 12.7 Å². The van der Waals surface area contributed by atoms with Crippen LogP contribution in [0.4, 0.5) is 0 Å². The second-order valence-corrected chi connectivity index (χ2v) is 2.90. The minimum absolute atomic E-state index is 0. The van der Waals surface area contributed by atoms with Gasteiger partial charge in [0.2, 0.25) is 0 Å². The monoisotopic (exact) mass is 221 g/mol. The zero-order valence-corrected chi connectivity index (χ0v) is 9.01. The fraction of sp³-hybridized carbons (Fsp3) is 0.667. The van der Waals surface area contributed by atoms with Gasteiger partial charge in [-0.15, -0.1) is 19.0 Å². The first kappa shape index (κ1) is 13.4. The molecule has 2 unspecified atom stereocenters. The molecular formula is C9H16ClNO3. The van der Waals surface area contributed by atoms with Gasteiger partial charge in [-0.3, -0.25) is 4.79 Å². The number of hydrogen-bond acceptors (Lipinski definition) is 4. The summed E-state index contributed by atoms with van der Waals surface area (Å²) in [4.78, 5) is 11.2. The molecule has 4 nitrogen and oxygen atoms in total. The molecule has 1 saturated heterocycles. The molecule has 0 aromatic heterocycles. The molecule has 0 aromatic carbocycles. The van der Waals surface area contributed by atoms with Crippen LogP contribution in [0.3, 0.4) is 0 Å². The van der Waals surface area contributed by atoms with E-state index in [9.17, 15) is 4.79 Å². The van der Waals surface area contributed by atoms with Crippen LogP contribution in [0.25, 0.3) is 0 Å². The SMILES string of the molecule is C=CCOC1CCNC1C(=O)OC.Cl. The topological polar surface area (TPSA) is 47.6 Å². The third-order valence-electron chi connectivity index (χ3n) is 2.05. The Hall–Kier alpha value is -0.580. The van der Waals surface area contributed by atoms with Gasteiger partial charge in [-0.1, -0.05) is 6.08 Å². The van der Waals surface area contributed by atoms with E-state index in [1.165, 1.54) is 7.11 Å². The smallest absolute Gasteiger partial charge is 0.325 e. The highest BCUT2D eigenvalue weighted by Crippen LogP contribution is 2.12. The average molecular weight is 222 g/mol. The van der Waals surface area contributed by atoms with Crippen LogP contribution in [-0.4, -0.2) is 38.4 Å². The maximum Gasteiger partial charge on any atom is 0.325 e. The van der Waals surface area contributed by atoms with Crippen LogP contribution >= 0.6 is 12.4 Å². The first-order chi connectivity index (χ1) is 6.29. The van der Waals surface area contributed by atoms with Crippen molar-refractivity contribution in [3.8, 4) is 0 Å². The normalized spacial score (nSPS) is 25.2. The van der Waals surface area contributed by atoms with Gasteiger partial charge in [0.1, 0.15) is 6.04 Å². The lowest BCUT2D eigenvalue weighted by Gasteiger charge is -2.16. The number of methoxy groups -OCH3 is 1. The Balaban J connectivity index is 0.00000169. The minimum Gasteiger partial charge on any atom is -0.468 e. The van der Waals surface area contributed by atoms with Crippen LogP contribution in [0.2, 0.25) is 0 Å². The quantitative estimate of drug-likeness (QED) is 0.555. The van der Waals surface area contributed by atoms with E-state index >= 15 is 0 Å². The van der Waals surface area contributed by atoms with Gasteiger partial charge in [-0.05, 0) is 13.0 Å². The molecule has 1 heterocycles. The van der Waals surface area contributed by atoms with Crippen molar-refractivity contribution >= 4 is 18.4 Å². The van der Waals surface area contributed by atoms with Crippen LogP contribution in [0.5, 0.6) is 0 Å². The predicted octanol–water partition coefficient (Wildman–Crippen LogP) is 0.514. The molecule has 0 amide bonds. The molecule has 1 aliphatic rings. The van der Waals surface area contributed by atoms with Gasteiger partial charge in [0.25, 0.3) is 0 Å². The lowest BCUT2D eigenvalue weighted by molar-refractivity contribution is -0.145. The number of rotatable bonds is 4. The largest absolute Gasteiger partial charge is 0.468 e. The van der Waals surface area contributed by atoms with E-state index in [0.717, 1.165) is 13.0 Å². The van der Waals surface area contributed by atoms with E-state index in [2.05, 4.69) is 16.6 Å². The van der Waals surface area contributed by atoms with Crippen molar-refractivity contribution in [3.63, 3.8) is 0 Å². The molecule has 1 fully saturated rings. The Morgan fingerprint density at radius 3 is 3.00 bits per heavy atom. The van der Waals surface area contributed by atoms with E-state index in [1.807, 2.05) is 0 Å². The predicted molar refractivity (Wildman–Crippen MR) is 55.6 cm³/mol. The van der Waals surface area contributed by atoms with E-state index in [-0.39, 0.29) is 30.5 Å². The first-order valence-corrected chi connectivity index (χ1v) is 4.33. The van der Waals surface area contributed by atoms with Gasteiger partial charge in [0, 0.05) is 0 Å². The van der Waals surface area contributed by atoms with Crippen molar-refractivity contribution in [1.29, 1.82) is 0 Å². The summed E-state index contributed by atoms with van der Waals surface area (Å²) < 4.78 is 10.0. The Kier molecular flexibility index (Phi) is 6.53. The summed E-state index contributed by atoms with van der Waals surface area (Å²) in [6.45, 7) is 4.82. The summed E-state index contributed by atoms with van der Waals surface area (Å²) in [5, 5.41) is 3.03. The van der Waals surface area contributed by atoms with Gasteiger partial charge >= 0.3 is 5.97 Å². The van der Waals surface area contributed by atoms with Crippen LogP contribution in [0, 0.1) is 0 Å². The van der Waals surface area contributed by atoms with Gasteiger partial charge < -0.3 is 14.8 Å². The zero-order chi connectivity index (χ0) is 9.68. The lowest BCUT2D eigenvalue weighted by Crippen LogP contribution is -2.40. The summed E-state index contributed by atoms with van der Waals surface area (Å²) in [6, 6.07) is -0.315. The molecule has 0 spiro atoms. The summed E-state index contributed by atoms with van der Waals surface area (Å²) in [5.41, 5.74) is 0. The molecule has 5 heteroatoms. The van der Waals surface area contributed by atoms with Crippen molar-refractivity contribution < 1.29 is 14.3 Å². The highest BCUT2D eigenvalue weighted by Gasteiger charge is 2.33. The van der Waals surface area contributed by atoms with Crippen molar-refractivity contribution in [1.82, 2.24) is 5.32 Å². The third kappa shape index (κ3) is 3.29. The Morgan fingerprint density at radius 1 is 1.71 bits per heavy atom. The van der Waals surface area contributed by atoms with Crippen LogP contribution in [-0.2, 0) is 14.3 Å². The average Bonchev–Trinajstić information content (AvgIpc) is 2.61.